The standard InChI is InChI=1S/C22H28N2O4/c1-6-24-15(4)12-19(16(24)5)22(27)28-13-20(25)17-7-9-18(10-8-17)23-21(26)11-14(2)3/h7-10,12,14H,6,11,13H2,1-5H3,(H,23,26). The Morgan fingerprint density at radius 2 is 1.75 bits per heavy atom. The zero-order valence-electron chi connectivity index (χ0n) is 17.2. The molecule has 0 fully saturated rings. The van der Waals surface area contributed by atoms with E-state index in [1.54, 1.807) is 30.3 Å². The summed E-state index contributed by atoms with van der Waals surface area (Å²) in [5, 5.41) is 2.79. The van der Waals surface area contributed by atoms with Gasteiger partial charge in [-0.1, -0.05) is 13.8 Å². The predicted octanol–water partition coefficient (Wildman–Crippen LogP) is 4.15. The molecule has 2 rings (SSSR count). The highest BCUT2D eigenvalue weighted by Crippen LogP contribution is 2.17. The Morgan fingerprint density at radius 3 is 2.29 bits per heavy atom. The van der Waals surface area contributed by atoms with Crippen LogP contribution in [-0.4, -0.2) is 28.8 Å². The topological polar surface area (TPSA) is 77.4 Å². The molecule has 2 aromatic rings. The van der Waals surface area contributed by atoms with Crippen LogP contribution in [0.2, 0.25) is 0 Å². The smallest absolute Gasteiger partial charge is 0.340 e. The summed E-state index contributed by atoms with van der Waals surface area (Å²) >= 11 is 0. The van der Waals surface area contributed by atoms with Crippen molar-refractivity contribution in [3.63, 3.8) is 0 Å². The summed E-state index contributed by atoms with van der Waals surface area (Å²) < 4.78 is 7.22. The monoisotopic (exact) mass is 384 g/mol. The zero-order valence-corrected chi connectivity index (χ0v) is 17.2. The quantitative estimate of drug-likeness (QED) is 0.548. The molecule has 1 N–H and O–H groups in total. The first-order chi connectivity index (χ1) is 13.2. The van der Waals surface area contributed by atoms with Crippen LogP contribution >= 0.6 is 0 Å². The minimum Gasteiger partial charge on any atom is -0.454 e. The van der Waals surface area contributed by atoms with E-state index in [-0.39, 0.29) is 24.2 Å². The van der Waals surface area contributed by atoms with Crippen LogP contribution < -0.4 is 5.32 Å². The first kappa shape index (κ1) is 21.4. The maximum atomic E-state index is 12.3. The van der Waals surface area contributed by atoms with Crippen molar-refractivity contribution >= 4 is 23.3 Å². The molecule has 0 unspecified atom stereocenters. The maximum absolute atomic E-state index is 12.3. The maximum Gasteiger partial charge on any atom is 0.340 e. The number of ether oxygens (including phenoxy) is 1. The molecular weight excluding hydrogens is 356 g/mol. The molecule has 0 spiro atoms. The summed E-state index contributed by atoms with van der Waals surface area (Å²) in [5.74, 6) is -0.582. The van der Waals surface area contributed by atoms with E-state index < -0.39 is 5.97 Å². The van der Waals surface area contributed by atoms with Crippen molar-refractivity contribution in [3.05, 3.63) is 52.8 Å². The number of amides is 1. The van der Waals surface area contributed by atoms with Crippen LogP contribution in [0, 0.1) is 19.8 Å². The van der Waals surface area contributed by atoms with Gasteiger partial charge in [0.2, 0.25) is 5.91 Å². The van der Waals surface area contributed by atoms with Gasteiger partial charge in [0, 0.05) is 35.6 Å². The molecule has 0 aliphatic carbocycles. The molecule has 0 saturated carbocycles. The van der Waals surface area contributed by atoms with Crippen LogP contribution in [0.3, 0.4) is 0 Å². The molecule has 28 heavy (non-hydrogen) atoms. The van der Waals surface area contributed by atoms with Crippen LogP contribution in [0.1, 0.15) is 59.3 Å². The molecule has 1 aromatic heterocycles. The lowest BCUT2D eigenvalue weighted by atomic mass is 10.1. The van der Waals surface area contributed by atoms with E-state index in [2.05, 4.69) is 5.32 Å². The lowest BCUT2D eigenvalue weighted by molar-refractivity contribution is -0.116. The second kappa shape index (κ2) is 9.35. The molecule has 6 nitrogen and oxygen atoms in total. The van der Waals surface area contributed by atoms with Gasteiger partial charge in [-0.3, -0.25) is 9.59 Å². The van der Waals surface area contributed by atoms with Crippen molar-refractivity contribution in [1.29, 1.82) is 0 Å². The van der Waals surface area contributed by atoms with Gasteiger partial charge in [0.25, 0.3) is 0 Å². The number of hydrogen-bond donors (Lipinski definition) is 1. The Hall–Kier alpha value is -2.89. The number of carbonyl (C=O) groups excluding carboxylic acids is 3. The molecule has 0 aliphatic rings. The minimum atomic E-state index is -0.501. The van der Waals surface area contributed by atoms with Crippen LogP contribution in [0.4, 0.5) is 5.69 Å². The van der Waals surface area contributed by atoms with Crippen molar-refractivity contribution < 1.29 is 19.1 Å². The van der Waals surface area contributed by atoms with E-state index in [9.17, 15) is 14.4 Å². The largest absolute Gasteiger partial charge is 0.454 e. The number of anilines is 1. The summed E-state index contributed by atoms with van der Waals surface area (Å²) in [7, 11) is 0. The number of aryl methyl sites for hydroxylation is 1. The summed E-state index contributed by atoms with van der Waals surface area (Å²) in [4.78, 5) is 36.4. The first-order valence-corrected chi connectivity index (χ1v) is 9.49. The lowest BCUT2D eigenvalue weighted by Crippen LogP contribution is -2.16. The molecule has 0 bridgehead atoms. The van der Waals surface area contributed by atoms with E-state index in [0.29, 0.717) is 23.2 Å². The fourth-order valence-corrected chi connectivity index (χ4v) is 3.11. The van der Waals surface area contributed by atoms with Gasteiger partial charge in [-0.2, -0.15) is 0 Å². The molecule has 6 heteroatoms. The van der Waals surface area contributed by atoms with Gasteiger partial charge in [0.05, 0.1) is 5.56 Å². The lowest BCUT2D eigenvalue weighted by Gasteiger charge is -2.08. The first-order valence-electron chi connectivity index (χ1n) is 9.49. The molecule has 1 heterocycles. The zero-order chi connectivity index (χ0) is 20.8. The molecule has 0 saturated heterocycles. The van der Waals surface area contributed by atoms with E-state index in [1.165, 1.54) is 0 Å². The van der Waals surface area contributed by atoms with Gasteiger partial charge in [-0.25, -0.2) is 4.79 Å². The van der Waals surface area contributed by atoms with Crippen molar-refractivity contribution in [2.24, 2.45) is 5.92 Å². The van der Waals surface area contributed by atoms with Crippen LogP contribution in [0.25, 0.3) is 0 Å². The number of rotatable bonds is 8. The van der Waals surface area contributed by atoms with Crippen LogP contribution in [0.15, 0.2) is 30.3 Å². The normalized spacial score (nSPS) is 10.8. The molecular formula is C22H28N2O4. The third-order valence-electron chi connectivity index (χ3n) is 4.53. The number of carbonyl (C=O) groups is 3. The van der Waals surface area contributed by atoms with E-state index in [0.717, 1.165) is 17.9 Å². The Kier molecular flexibility index (Phi) is 7.15. The Morgan fingerprint density at radius 1 is 1.11 bits per heavy atom. The summed E-state index contributed by atoms with van der Waals surface area (Å²) in [5.41, 5.74) is 3.35. The average molecular weight is 384 g/mol. The molecule has 1 amide bonds. The average Bonchev–Trinajstić information content (AvgIpc) is 2.93. The predicted molar refractivity (Wildman–Crippen MR) is 109 cm³/mol. The van der Waals surface area contributed by atoms with E-state index in [1.807, 2.05) is 39.2 Å². The number of aromatic nitrogens is 1. The minimum absolute atomic E-state index is 0.0623. The van der Waals surface area contributed by atoms with Gasteiger partial charge in [-0.15, -0.1) is 0 Å². The van der Waals surface area contributed by atoms with Crippen molar-refractivity contribution in [2.45, 2.75) is 47.6 Å². The highest BCUT2D eigenvalue weighted by atomic mass is 16.5. The number of ketones is 1. The SMILES string of the molecule is CCn1c(C)cc(C(=O)OCC(=O)c2ccc(NC(=O)CC(C)C)cc2)c1C. The van der Waals surface area contributed by atoms with Gasteiger partial charge in [-0.05, 0) is 57.0 Å². The number of benzene rings is 1. The van der Waals surface area contributed by atoms with Crippen LogP contribution in [-0.2, 0) is 16.1 Å². The van der Waals surface area contributed by atoms with Crippen LogP contribution in [0.5, 0.6) is 0 Å². The molecule has 1 aromatic carbocycles. The second-order valence-electron chi connectivity index (χ2n) is 7.25. The third kappa shape index (κ3) is 5.31. The highest BCUT2D eigenvalue weighted by Gasteiger charge is 2.18. The van der Waals surface area contributed by atoms with E-state index >= 15 is 0 Å². The number of nitrogens with one attached hydrogen (secondary N) is 1. The van der Waals surface area contributed by atoms with Gasteiger partial charge in [0.1, 0.15) is 0 Å². The van der Waals surface area contributed by atoms with Gasteiger partial charge < -0.3 is 14.6 Å². The number of nitrogens with zero attached hydrogens (tertiary/aromatic N) is 1. The molecule has 0 atom stereocenters. The Balaban J connectivity index is 1.94. The number of esters is 1. The Labute approximate surface area is 165 Å². The third-order valence-corrected chi connectivity index (χ3v) is 4.53. The number of Topliss-reactive ketones (excluding diaryl/α,β-unsaturated/α-hetero) is 1. The molecule has 150 valence electrons. The van der Waals surface area contributed by atoms with E-state index in [4.69, 9.17) is 4.74 Å². The highest BCUT2D eigenvalue weighted by molar-refractivity contribution is 6.00. The van der Waals surface area contributed by atoms with Crippen molar-refractivity contribution in [3.8, 4) is 0 Å². The second-order valence-corrected chi connectivity index (χ2v) is 7.25. The van der Waals surface area contributed by atoms with Gasteiger partial charge >= 0.3 is 5.97 Å². The fourth-order valence-electron chi connectivity index (χ4n) is 3.11. The Bertz CT molecular complexity index is 863. The van der Waals surface area contributed by atoms with Crippen molar-refractivity contribution in [1.82, 2.24) is 4.57 Å². The summed E-state index contributed by atoms with van der Waals surface area (Å²) in [6.07, 6.45) is 0.440. The van der Waals surface area contributed by atoms with Gasteiger partial charge in [0.15, 0.2) is 12.4 Å². The van der Waals surface area contributed by atoms with Crippen molar-refractivity contribution in [2.75, 3.05) is 11.9 Å². The molecule has 0 radical (unpaired) electrons. The number of hydrogen-bond acceptors (Lipinski definition) is 4. The molecule has 0 aliphatic heterocycles. The fraction of sp³-hybridized carbons (Fsp3) is 0.409. The summed E-state index contributed by atoms with van der Waals surface area (Å²) in [6.45, 7) is 10.2. The summed E-state index contributed by atoms with van der Waals surface area (Å²) in [6, 6.07) is 8.35.